The van der Waals surface area contributed by atoms with Crippen molar-refractivity contribution >= 4 is 11.9 Å². The monoisotopic (exact) mass is 506 g/mol. The van der Waals surface area contributed by atoms with Crippen LogP contribution in [-0.4, -0.2) is 50.2 Å². The van der Waals surface area contributed by atoms with Gasteiger partial charge in [0.05, 0.1) is 17.7 Å². The number of rotatable bonds is 7. The largest absolute Gasteiger partial charge is 0.478 e. The molecule has 0 bridgehead atoms. The summed E-state index contributed by atoms with van der Waals surface area (Å²) in [6, 6.07) is 10.4. The Bertz CT molecular complexity index is 1210. The Hall–Kier alpha value is -2.93. The second-order valence-corrected chi connectivity index (χ2v) is 11.7. The number of aliphatic hydroxyl groups is 1. The van der Waals surface area contributed by atoms with Gasteiger partial charge in [-0.2, -0.15) is 0 Å². The second-order valence-electron chi connectivity index (χ2n) is 11.7. The van der Waals surface area contributed by atoms with Crippen LogP contribution in [0.2, 0.25) is 0 Å². The minimum Gasteiger partial charge on any atom is -0.478 e. The predicted molar refractivity (Wildman–Crippen MR) is 141 cm³/mol. The van der Waals surface area contributed by atoms with Gasteiger partial charge in [-0.05, 0) is 37.2 Å². The van der Waals surface area contributed by atoms with Crippen molar-refractivity contribution < 1.29 is 19.8 Å². The molecule has 3 aliphatic rings. The van der Waals surface area contributed by atoms with Gasteiger partial charge >= 0.3 is 5.97 Å². The highest BCUT2D eigenvalue weighted by Crippen LogP contribution is 2.52. The van der Waals surface area contributed by atoms with Gasteiger partial charge in [0, 0.05) is 42.2 Å². The first kappa shape index (κ1) is 25.7. The van der Waals surface area contributed by atoms with E-state index in [9.17, 15) is 24.6 Å². The molecule has 7 heteroatoms. The molecule has 1 aromatic heterocycles. The van der Waals surface area contributed by atoms with Crippen LogP contribution in [0.25, 0.3) is 11.1 Å². The van der Waals surface area contributed by atoms with Crippen molar-refractivity contribution in [3.05, 3.63) is 58.5 Å². The zero-order valence-electron chi connectivity index (χ0n) is 21.7. The number of carbonyl (C=O) groups is 2. The quantitative estimate of drug-likeness (QED) is 0.573. The highest BCUT2D eigenvalue weighted by molar-refractivity contribution is 5.95. The maximum absolute atomic E-state index is 13.4. The summed E-state index contributed by atoms with van der Waals surface area (Å²) in [7, 11) is 0. The van der Waals surface area contributed by atoms with Crippen molar-refractivity contribution in [2.24, 2.45) is 17.3 Å². The molecule has 1 aromatic carbocycles. The minimum atomic E-state index is -1.19. The molecule has 7 nitrogen and oxygen atoms in total. The summed E-state index contributed by atoms with van der Waals surface area (Å²) < 4.78 is 1.37. The summed E-state index contributed by atoms with van der Waals surface area (Å²) in [6.07, 6.45) is 9.95. The summed E-state index contributed by atoms with van der Waals surface area (Å²) in [5.41, 5.74) is -0.940. The highest BCUT2D eigenvalue weighted by atomic mass is 16.4. The maximum atomic E-state index is 13.4. The van der Waals surface area contributed by atoms with E-state index in [1.807, 2.05) is 17.9 Å². The van der Waals surface area contributed by atoms with Gasteiger partial charge in [-0.3, -0.25) is 9.59 Å². The Morgan fingerprint density at radius 1 is 1.08 bits per heavy atom. The van der Waals surface area contributed by atoms with Crippen LogP contribution >= 0.6 is 0 Å². The molecule has 37 heavy (non-hydrogen) atoms. The number of aromatic nitrogens is 1. The molecular weight excluding hydrogens is 468 g/mol. The summed E-state index contributed by atoms with van der Waals surface area (Å²) in [5.74, 6) is -0.287. The molecule has 1 spiro atoms. The minimum absolute atomic E-state index is 0.0128. The molecule has 2 heterocycles. The topological polar surface area (TPSA) is 99.8 Å². The number of carboxylic acid groups (broad SMARTS) is 1. The predicted octanol–water partition coefficient (Wildman–Crippen LogP) is 4.56. The molecular formula is C30H38N2O5. The number of pyridine rings is 1. The van der Waals surface area contributed by atoms with Crippen molar-refractivity contribution in [2.75, 3.05) is 13.1 Å². The molecule has 0 unspecified atom stereocenters. The molecule has 2 aromatic rings. The first-order valence-electron chi connectivity index (χ1n) is 13.8. The van der Waals surface area contributed by atoms with Crippen molar-refractivity contribution in [3.8, 4) is 11.1 Å². The van der Waals surface area contributed by atoms with Gasteiger partial charge in [0.25, 0.3) is 5.56 Å². The van der Waals surface area contributed by atoms with E-state index >= 15 is 0 Å². The SMILES string of the molecule is C[C@H](CC1CCC1)C(=O)N1CC[C@@](O)(Cn2cc(C(=O)O)c(-c3ccccc3)cc2=O)C2(CCCC2)C1. The van der Waals surface area contributed by atoms with Crippen molar-refractivity contribution in [2.45, 2.75) is 76.9 Å². The number of piperidine rings is 1. The summed E-state index contributed by atoms with van der Waals surface area (Å²) in [4.78, 5) is 40.6. The zero-order valence-corrected chi connectivity index (χ0v) is 21.7. The second kappa shape index (κ2) is 10.1. The Kier molecular flexibility index (Phi) is 7.01. The van der Waals surface area contributed by atoms with E-state index in [-0.39, 0.29) is 29.5 Å². The van der Waals surface area contributed by atoms with E-state index in [2.05, 4.69) is 0 Å². The fourth-order valence-electron chi connectivity index (χ4n) is 6.93. The van der Waals surface area contributed by atoms with Crippen LogP contribution in [0, 0.1) is 17.3 Å². The smallest absolute Gasteiger partial charge is 0.337 e. The van der Waals surface area contributed by atoms with Gasteiger partial charge in [0.15, 0.2) is 0 Å². The molecule has 198 valence electrons. The third kappa shape index (κ3) is 4.86. The third-order valence-corrected chi connectivity index (χ3v) is 9.35. The standard InChI is InChI=1S/C30H38N2O5/c1-21(16-22-8-7-9-22)27(34)31-15-14-30(37,29(19-31)12-5-6-13-29)20-32-18-25(28(35)36)24(17-26(32)33)23-10-3-2-4-11-23/h2-4,10-11,17-18,21-22,37H,5-9,12-16,19-20H2,1H3,(H,35,36)/t21-,30-/m1/s1. The Balaban J connectivity index is 1.41. The van der Waals surface area contributed by atoms with Gasteiger partial charge in [-0.15, -0.1) is 0 Å². The number of amides is 1. The van der Waals surface area contributed by atoms with Crippen molar-refractivity contribution in [3.63, 3.8) is 0 Å². The van der Waals surface area contributed by atoms with Gasteiger partial charge in [0.1, 0.15) is 0 Å². The number of hydrogen-bond donors (Lipinski definition) is 2. The molecule has 1 saturated heterocycles. The number of likely N-dealkylation sites (tertiary alicyclic amines) is 1. The lowest BCUT2D eigenvalue weighted by Gasteiger charge is -2.53. The first-order chi connectivity index (χ1) is 17.7. The molecule has 0 radical (unpaired) electrons. The third-order valence-electron chi connectivity index (χ3n) is 9.35. The van der Waals surface area contributed by atoms with Crippen LogP contribution in [0.15, 0.2) is 47.4 Å². The summed E-state index contributed by atoms with van der Waals surface area (Å²) in [6.45, 7) is 3.01. The lowest BCUT2D eigenvalue weighted by atomic mass is 9.65. The summed E-state index contributed by atoms with van der Waals surface area (Å²) >= 11 is 0. The number of benzene rings is 1. The Morgan fingerprint density at radius 3 is 2.41 bits per heavy atom. The van der Waals surface area contributed by atoms with E-state index in [0.717, 1.165) is 32.1 Å². The summed E-state index contributed by atoms with van der Waals surface area (Å²) in [5, 5.41) is 22.0. The normalized spacial score (nSPS) is 24.1. The van der Waals surface area contributed by atoms with E-state index < -0.39 is 17.0 Å². The molecule has 2 N–H and O–H groups in total. The highest BCUT2D eigenvalue weighted by Gasteiger charge is 2.55. The van der Waals surface area contributed by atoms with Gasteiger partial charge in [-0.1, -0.05) is 69.4 Å². The van der Waals surface area contributed by atoms with E-state index in [1.165, 1.54) is 36.1 Å². The molecule has 2 saturated carbocycles. The van der Waals surface area contributed by atoms with Crippen LogP contribution in [-0.2, 0) is 11.3 Å². The van der Waals surface area contributed by atoms with Gasteiger partial charge in [-0.25, -0.2) is 4.79 Å². The number of carbonyl (C=O) groups excluding carboxylic acids is 1. The lowest BCUT2D eigenvalue weighted by Crippen LogP contribution is -2.62. The molecule has 2 atom stereocenters. The first-order valence-corrected chi connectivity index (χ1v) is 13.8. The maximum Gasteiger partial charge on any atom is 0.337 e. The average molecular weight is 507 g/mol. The van der Waals surface area contributed by atoms with Crippen LogP contribution in [0.5, 0.6) is 0 Å². The zero-order chi connectivity index (χ0) is 26.2. The number of carboxylic acids is 1. The number of hydrogen-bond acceptors (Lipinski definition) is 4. The molecule has 2 aliphatic carbocycles. The number of aromatic carboxylic acids is 1. The van der Waals surface area contributed by atoms with Crippen molar-refractivity contribution in [1.29, 1.82) is 0 Å². The average Bonchev–Trinajstić information content (AvgIpc) is 3.34. The molecule has 1 aliphatic heterocycles. The Labute approximate surface area is 218 Å². The van der Waals surface area contributed by atoms with E-state index in [4.69, 9.17) is 0 Å². The fraction of sp³-hybridized carbons (Fsp3) is 0.567. The number of nitrogens with zero attached hydrogens (tertiary/aromatic N) is 2. The van der Waals surface area contributed by atoms with Crippen LogP contribution in [0.1, 0.15) is 75.1 Å². The van der Waals surface area contributed by atoms with E-state index in [0.29, 0.717) is 36.6 Å². The molecule has 1 amide bonds. The van der Waals surface area contributed by atoms with Crippen LogP contribution in [0.3, 0.4) is 0 Å². The Morgan fingerprint density at radius 2 is 1.78 bits per heavy atom. The van der Waals surface area contributed by atoms with Gasteiger partial charge < -0.3 is 19.7 Å². The molecule has 5 rings (SSSR count). The van der Waals surface area contributed by atoms with Crippen molar-refractivity contribution in [1.82, 2.24) is 9.47 Å². The van der Waals surface area contributed by atoms with Crippen LogP contribution < -0.4 is 5.56 Å². The van der Waals surface area contributed by atoms with Crippen LogP contribution in [0.4, 0.5) is 0 Å². The lowest BCUT2D eigenvalue weighted by molar-refractivity contribution is -0.163. The van der Waals surface area contributed by atoms with E-state index in [1.54, 1.807) is 24.3 Å². The van der Waals surface area contributed by atoms with Gasteiger partial charge in [0.2, 0.25) is 5.91 Å². The fourth-order valence-corrected chi connectivity index (χ4v) is 6.93. The molecule has 3 fully saturated rings.